The summed E-state index contributed by atoms with van der Waals surface area (Å²) in [5, 5.41) is 12.9. The van der Waals surface area contributed by atoms with Crippen LogP contribution in [0.3, 0.4) is 0 Å². The fourth-order valence-corrected chi connectivity index (χ4v) is 1.47. The summed E-state index contributed by atoms with van der Waals surface area (Å²) >= 11 is 11.0. The van der Waals surface area contributed by atoms with E-state index in [-0.39, 0.29) is 11.5 Å². The second kappa shape index (κ2) is 4.15. The average Bonchev–Trinajstić information content (AvgIpc) is 2.70. The van der Waals surface area contributed by atoms with E-state index < -0.39 is 5.24 Å². The molecule has 0 atom stereocenters. The standard InChI is InChI=1S/C10H5Cl2NO3/c11-5-1-2-8(14)6(3-5)7-4-9(10(12)15)16-13-7/h1-4,14H. The Morgan fingerprint density at radius 2 is 2.12 bits per heavy atom. The normalized spacial score (nSPS) is 10.4. The van der Waals surface area contributed by atoms with Gasteiger partial charge in [-0.3, -0.25) is 4.79 Å². The van der Waals surface area contributed by atoms with Gasteiger partial charge < -0.3 is 9.63 Å². The van der Waals surface area contributed by atoms with Crippen LogP contribution in [0.2, 0.25) is 5.02 Å². The number of aromatic nitrogens is 1. The average molecular weight is 258 g/mol. The number of rotatable bonds is 2. The van der Waals surface area contributed by atoms with Crippen molar-refractivity contribution in [2.45, 2.75) is 0 Å². The molecule has 1 aromatic carbocycles. The van der Waals surface area contributed by atoms with E-state index in [4.69, 9.17) is 23.2 Å². The fraction of sp³-hybridized carbons (Fsp3) is 0. The Labute approximate surface area is 100 Å². The molecule has 0 aliphatic heterocycles. The first kappa shape index (κ1) is 11.0. The monoisotopic (exact) mass is 257 g/mol. The molecule has 0 fully saturated rings. The van der Waals surface area contributed by atoms with Gasteiger partial charge in [0.05, 0.1) is 0 Å². The molecule has 2 rings (SSSR count). The van der Waals surface area contributed by atoms with Gasteiger partial charge in [-0.2, -0.15) is 0 Å². The number of carbonyl (C=O) groups is 1. The van der Waals surface area contributed by atoms with Crippen LogP contribution in [0.4, 0.5) is 0 Å². The Hall–Kier alpha value is -1.52. The first-order chi connectivity index (χ1) is 7.58. The summed E-state index contributed by atoms with van der Waals surface area (Å²) < 4.78 is 4.69. The minimum atomic E-state index is -0.750. The SMILES string of the molecule is O=C(Cl)c1cc(-c2cc(Cl)ccc2O)no1. The third kappa shape index (κ3) is 2.03. The van der Waals surface area contributed by atoms with Gasteiger partial charge in [0.25, 0.3) is 5.24 Å². The maximum absolute atomic E-state index is 10.8. The lowest BCUT2D eigenvalue weighted by atomic mass is 10.1. The number of carbonyl (C=O) groups excluding carboxylic acids is 1. The number of halogens is 2. The number of benzene rings is 1. The first-order valence-corrected chi connectivity index (χ1v) is 4.99. The van der Waals surface area contributed by atoms with Gasteiger partial charge in [0, 0.05) is 16.7 Å². The van der Waals surface area contributed by atoms with Crippen LogP contribution in [-0.4, -0.2) is 15.5 Å². The molecule has 0 unspecified atom stereocenters. The van der Waals surface area contributed by atoms with Gasteiger partial charge in [-0.05, 0) is 29.8 Å². The number of phenols is 1. The Morgan fingerprint density at radius 3 is 2.75 bits per heavy atom. The van der Waals surface area contributed by atoms with Crippen LogP contribution in [0, 0.1) is 0 Å². The fourth-order valence-electron chi connectivity index (χ4n) is 1.21. The second-order valence-corrected chi connectivity index (χ2v) is 3.79. The van der Waals surface area contributed by atoms with Gasteiger partial charge >= 0.3 is 0 Å². The van der Waals surface area contributed by atoms with Crippen LogP contribution in [0.25, 0.3) is 11.3 Å². The summed E-state index contributed by atoms with van der Waals surface area (Å²) in [5.41, 5.74) is 0.671. The Kier molecular flexibility index (Phi) is 2.85. The van der Waals surface area contributed by atoms with Crippen molar-refractivity contribution in [2.75, 3.05) is 0 Å². The summed E-state index contributed by atoms with van der Waals surface area (Å²) in [6.07, 6.45) is 0. The van der Waals surface area contributed by atoms with E-state index in [1.807, 2.05) is 0 Å². The van der Waals surface area contributed by atoms with E-state index in [0.717, 1.165) is 0 Å². The molecule has 1 aromatic heterocycles. The van der Waals surface area contributed by atoms with Gasteiger partial charge in [-0.25, -0.2) is 0 Å². The molecular weight excluding hydrogens is 253 g/mol. The Morgan fingerprint density at radius 1 is 1.38 bits per heavy atom. The van der Waals surface area contributed by atoms with Gasteiger partial charge in [-0.1, -0.05) is 16.8 Å². The molecule has 82 valence electrons. The quantitative estimate of drug-likeness (QED) is 0.840. The summed E-state index contributed by atoms with van der Waals surface area (Å²) in [4.78, 5) is 10.8. The second-order valence-electron chi connectivity index (χ2n) is 3.01. The number of hydrogen-bond acceptors (Lipinski definition) is 4. The minimum Gasteiger partial charge on any atom is -0.507 e. The summed E-state index contributed by atoms with van der Waals surface area (Å²) in [7, 11) is 0. The maximum Gasteiger partial charge on any atom is 0.290 e. The van der Waals surface area contributed by atoms with Crippen molar-refractivity contribution in [1.29, 1.82) is 0 Å². The highest BCUT2D eigenvalue weighted by Crippen LogP contribution is 2.31. The molecule has 6 heteroatoms. The van der Waals surface area contributed by atoms with Crippen molar-refractivity contribution in [3.8, 4) is 17.0 Å². The molecule has 2 aromatic rings. The highest BCUT2D eigenvalue weighted by atomic mass is 35.5. The predicted molar refractivity (Wildman–Crippen MR) is 58.8 cm³/mol. The number of hydrogen-bond donors (Lipinski definition) is 1. The van der Waals surface area contributed by atoms with Crippen molar-refractivity contribution >= 4 is 28.4 Å². The topological polar surface area (TPSA) is 63.3 Å². The summed E-state index contributed by atoms with van der Waals surface area (Å²) in [5.74, 6) is -0.0951. The van der Waals surface area contributed by atoms with Gasteiger partial charge in [0.1, 0.15) is 11.4 Å². The van der Waals surface area contributed by atoms with E-state index in [1.165, 1.54) is 24.3 Å². The van der Waals surface area contributed by atoms with Crippen molar-refractivity contribution < 1.29 is 14.4 Å². The van der Waals surface area contributed by atoms with Crippen LogP contribution in [0.15, 0.2) is 28.8 Å². The van der Waals surface area contributed by atoms with E-state index in [2.05, 4.69) is 9.68 Å². The molecule has 1 heterocycles. The van der Waals surface area contributed by atoms with E-state index in [9.17, 15) is 9.90 Å². The van der Waals surface area contributed by atoms with Crippen LogP contribution in [0.5, 0.6) is 5.75 Å². The lowest BCUT2D eigenvalue weighted by Gasteiger charge is -1.99. The molecular formula is C10H5Cl2NO3. The van der Waals surface area contributed by atoms with Crippen LogP contribution in [-0.2, 0) is 0 Å². The molecule has 0 radical (unpaired) electrons. The smallest absolute Gasteiger partial charge is 0.290 e. The third-order valence-corrected chi connectivity index (χ3v) is 2.36. The van der Waals surface area contributed by atoms with Crippen molar-refractivity contribution in [2.24, 2.45) is 0 Å². The molecule has 4 nitrogen and oxygen atoms in total. The van der Waals surface area contributed by atoms with Crippen molar-refractivity contribution in [3.05, 3.63) is 35.0 Å². The molecule has 1 N–H and O–H groups in total. The zero-order valence-corrected chi connectivity index (χ0v) is 9.29. The molecule has 0 aliphatic rings. The number of aromatic hydroxyl groups is 1. The molecule has 16 heavy (non-hydrogen) atoms. The molecule has 0 bridgehead atoms. The van der Waals surface area contributed by atoms with Crippen LogP contribution < -0.4 is 0 Å². The first-order valence-electron chi connectivity index (χ1n) is 4.23. The van der Waals surface area contributed by atoms with E-state index >= 15 is 0 Å². The van der Waals surface area contributed by atoms with Gasteiger partial charge in [0.2, 0.25) is 5.76 Å². The highest BCUT2D eigenvalue weighted by molar-refractivity contribution is 6.67. The van der Waals surface area contributed by atoms with Crippen LogP contribution >= 0.6 is 23.2 Å². The third-order valence-electron chi connectivity index (χ3n) is 1.94. The molecule has 0 saturated carbocycles. The Balaban J connectivity index is 2.50. The van der Waals surface area contributed by atoms with Gasteiger partial charge in [0.15, 0.2) is 0 Å². The van der Waals surface area contributed by atoms with E-state index in [1.54, 1.807) is 0 Å². The maximum atomic E-state index is 10.8. The Bertz CT molecular complexity index is 551. The van der Waals surface area contributed by atoms with E-state index in [0.29, 0.717) is 16.3 Å². The zero-order valence-electron chi connectivity index (χ0n) is 7.78. The lowest BCUT2D eigenvalue weighted by Crippen LogP contribution is -1.82. The van der Waals surface area contributed by atoms with Gasteiger partial charge in [-0.15, -0.1) is 0 Å². The minimum absolute atomic E-state index is 0.00808. The number of nitrogens with zero attached hydrogens (tertiary/aromatic N) is 1. The molecule has 0 saturated heterocycles. The van der Waals surface area contributed by atoms with Crippen molar-refractivity contribution in [1.82, 2.24) is 5.16 Å². The molecule has 0 amide bonds. The zero-order chi connectivity index (χ0) is 11.7. The van der Waals surface area contributed by atoms with Crippen LogP contribution in [0.1, 0.15) is 10.6 Å². The molecule has 0 spiro atoms. The predicted octanol–water partition coefficient (Wildman–Crippen LogP) is 3.08. The summed E-state index contributed by atoms with van der Waals surface area (Å²) in [6.45, 7) is 0. The molecule has 0 aliphatic carbocycles. The summed E-state index contributed by atoms with van der Waals surface area (Å²) in [6, 6.07) is 5.81. The van der Waals surface area contributed by atoms with Crippen molar-refractivity contribution in [3.63, 3.8) is 0 Å². The number of phenolic OH excluding ortho intramolecular Hbond substituents is 1. The largest absolute Gasteiger partial charge is 0.507 e. The highest BCUT2D eigenvalue weighted by Gasteiger charge is 2.14. The lowest BCUT2D eigenvalue weighted by molar-refractivity contribution is 0.104.